The third-order valence-electron chi connectivity index (χ3n) is 3.91. The number of rotatable bonds is 6. The van der Waals surface area contributed by atoms with Gasteiger partial charge in [0.1, 0.15) is 0 Å². The number of aryl methyl sites for hydroxylation is 1. The lowest BCUT2D eigenvalue weighted by Gasteiger charge is -2.07. The fourth-order valence-corrected chi connectivity index (χ4v) is 4.26. The smallest absolute Gasteiger partial charge is 0.234 e. The molecule has 2 N–H and O–H groups in total. The largest absolute Gasteiger partial charge is 0.326 e. The summed E-state index contributed by atoms with van der Waals surface area (Å²) in [5, 5.41) is 5.82. The molecule has 1 heterocycles. The van der Waals surface area contributed by atoms with Crippen LogP contribution in [-0.4, -0.2) is 22.6 Å². The Hall–Kier alpha value is -2.38. The SMILES string of the molecule is Cc1ccccc1NC(=O)CSc1nc2ccc(NC(=O)C(C)C)cc2s1. The van der Waals surface area contributed by atoms with Crippen LogP contribution in [0.4, 0.5) is 11.4 Å². The predicted molar refractivity (Wildman–Crippen MR) is 114 cm³/mol. The molecule has 0 atom stereocenters. The molecule has 0 aliphatic rings. The molecule has 27 heavy (non-hydrogen) atoms. The van der Waals surface area contributed by atoms with Crippen molar-refractivity contribution in [3.05, 3.63) is 48.0 Å². The predicted octanol–water partition coefficient (Wildman–Crippen LogP) is 4.93. The topological polar surface area (TPSA) is 71.1 Å². The highest BCUT2D eigenvalue weighted by atomic mass is 32.2. The highest BCUT2D eigenvalue weighted by Gasteiger charge is 2.11. The number of amides is 2. The van der Waals surface area contributed by atoms with Crippen molar-refractivity contribution in [1.29, 1.82) is 0 Å². The van der Waals surface area contributed by atoms with Crippen molar-refractivity contribution in [1.82, 2.24) is 4.98 Å². The number of carbonyl (C=O) groups excluding carboxylic acids is 2. The van der Waals surface area contributed by atoms with Gasteiger partial charge in [0.2, 0.25) is 11.8 Å². The van der Waals surface area contributed by atoms with Crippen LogP contribution in [0.25, 0.3) is 10.2 Å². The molecule has 7 heteroatoms. The number of fused-ring (bicyclic) bond motifs is 1. The van der Waals surface area contributed by atoms with Crippen molar-refractivity contribution in [3.8, 4) is 0 Å². The van der Waals surface area contributed by atoms with Crippen LogP contribution in [-0.2, 0) is 9.59 Å². The molecule has 0 radical (unpaired) electrons. The first-order valence-corrected chi connectivity index (χ1v) is 10.4. The summed E-state index contributed by atoms with van der Waals surface area (Å²) in [7, 11) is 0. The highest BCUT2D eigenvalue weighted by Crippen LogP contribution is 2.31. The van der Waals surface area contributed by atoms with Gasteiger partial charge in [-0.25, -0.2) is 4.98 Å². The minimum Gasteiger partial charge on any atom is -0.326 e. The first-order valence-electron chi connectivity index (χ1n) is 8.62. The number of thioether (sulfide) groups is 1. The number of thiazole rings is 1. The van der Waals surface area contributed by atoms with Crippen molar-refractivity contribution in [2.45, 2.75) is 25.1 Å². The number of hydrogen-bond donors (Lipinski definition) is 2. The molecule has 2 aromatic carbocycles. The molecule has 0 aliphatic heterocycles. The van der Waals surface area contributed by atoms with Gasteiger partial charge in [-0.15, -0.1) is 11.3 Å². The number of para-hydroxylation sites is 1. The molecule has 5 nitrogen and oxygen atoms in total. The average Bonchev–Trinajstić information content (AvgIpc) is 3.04. The Bertz CT molecular complexity index is 982. The monoisotopic (exact) mass is 399 g/mol. The lowest BCUT2D eigenvalue weighted by Crippen LogP contribution is -2.17. The van der Waals surface area contributed by atoms with Gasteiger partial charge in [-0.1, -0.05) is 43.8 Å². The van der Waals surface area contributed by atoms with Gasteiger partial charge in [0.05, 0.1) is 16.0 Å². The van der Waals surface area contributed by atoms with E-state index in [9.17, 15) is 9.59 Å². The van der Waals surface area contributed by atoms with Crippen LogP contribution >= 0.6 is 23.1 Å². The molecule has 0 bridgehead atoms. The summed E-state index contributed by atoms with van der Waals surface area (Å²) >= 11 is 2.93. The number of anilines is 2. The van der Waals surface area contributed by atoms with E-state index in [1.165, 1.54) is 23.1 Å². The van der Waals surface area contributed by atoms with Crippen LogP contribution in [0.2, 0.25) is 0 Å². The number of aromatic nitrogens is 1. The molecule has 3 rings (SSSR count). The molecule has 3 aromatic rings. The number of benzene rings is 2. The van der Waals surface area contributed by atoms with Gasteiger partial charge in [-0.05, 0) is 36.8 Å². The first kappa shape index (κ1) is 19.4. The van der Waals surface area contributed by atoms with Gasteiger partial charge in [0, 0.05) is 17.3 Å². The number of nitrogens with zero attached hydrogens (tertiary/aromatic N) is 1. The third-order valence-corrected chi connectivity index (χ3v) is 6.07. The van der Waals surface area contributed by atoms with Crippen LogP contribution < -0.4 is 10.6 Å². The van der Waals surface area contributed by atoms with E-state index in [1.54, 1.807) is 0 Å². The van der Waals surface area contributed by atoms with Crippen LogP contribution in [0.5, 0.6) is 0 Å². The van der Waals surface area contributed by atoms with E-state index in [0.29, 0.717) is 5.75 Å². The van der Waals surface area contributed by atoms with Crippen LogP contribution in [0, 0.1) is 12.8 Å². The number of hydrogen-bond acceptors (Lipinski definition) is 5. The third kappa shape index (κ3) is 5.08. The van der Waals surface area contributed by atoms with Gasteiger partial charge in [-0.3, -0.25) is 9.59 Å². The summed E-state index contributed by atoms with van der Waals surface area (Å²) in [4.78, 5) is 28.6. The Morgan fingerprint density at radius 3 is 2.67 bits per heavy atom. The molecule has 0 saturated carbocycles. The van der Waals surface area contributed by atoms with E-state index >= 15 is 0 Å². The first-order chi connectivity index (χ1) is 12.9. The van der Waals surface area contributed by atoms with Crippen LogP contribution in [0.15, 0.2) is 46.8 Å². The average molecular weight is 400 g/mol. The van der Waals surface area contributed by atoms with Crippen molar-refractivity contribution < 1.29 is 9.59 Å². The van der Waals surface area contributed by atoms with Gasteiger partial charge in [-0.2, -0.15) is 0 Å². The van der Waals surface area contributed by atoms with E-state index in [4.69, 9.17) is 0 Å². The second-order valence-electron chi connectivity index (χ2n) is 6.46. The van der Waals surface area contributed by atoms with Crippen molar-refractivity contribution in [2.75, 3.05) is 16.4 Å². The Morgan fingerprint density at radius 1 is 1.15 bits per heavy atom. The zero-order valence-electron chi connectivity index (χ0n) is 15.4. The molecule has 0 unspecified atom stereocenters. The normalized spacial score (nSPS) is 11.0. The van der Waals surface area contributed by atoms with Crippen LogP contribution in [0.1, 0.15) is 19.4 Å². The summed E-state index contributed by atoms with van der Waals surface area (Å²) in [5.41, 5.74) is 3.49. The zero-order chi connectivity index (χ0) is 19.4. The summed E-state index contributed by atoms with van der Waals surface area (Å²) < 4.78 is 1.82. The maximum absolute atomic E-state index is 12.2. The van der Waals surface area contributed by atoms with Crippen molar-refractivity contribution >= 4 is 56.5 Å². The molecule has 2 amide bonds. The van der Waals surface area contributed by atoms with Gasteiger partial charge in [0.15, 0.2) is 4.34 Å². The van der Waals surface area contributed by atoms with Crippen molar-refractivity contribution in [2.24, 2.45) is 5.92 Å². The Morgan fingerprint density at radius 2 is 1.93 bits per heavy atom. The Labute approximate surface area is 166 Å². The Balaban J connectivity index is 1.63. The van der Waals surface area contributed by atoms with E-state index in [1.807, 2.05) is 63.2 Å². The quantitative estimate of drug-likeness (QED) is 0.577. The number of carbonyl (C=O) groups is 2. The number of nitrogens with one attached hydrogen (secondary N) is 2. The maximum Gasteiger partial charge on any atom is 0.234 e. The van der Waals surface area contributed by atoms with E-state index in [2.05, 4.69) is 15.6 Å². The maximum atomic E-state index is 12.2. The summed E-state index contributed by atoms with van der Waals surface area (Å²) in [6.45, 7) is 5.68. The molecule has 0 saturated heterocycles. The highest BCUT2D eigenvalue weighted by molar-refractivity contribution is 8.01. The van der Waals surface area contributed by atoms with Gasteiger partial charge >= 0.3 is 0 Å². The second-order valence-corrected chi connectivity index (χ2v) is 8.71. The molecular weight excluding hydrogens is 378 g/mol. The molecule has 0 aliphatic carbocycles. The van der Waals surface area contributed by atoms with E-state index < -0.39 is 0 Å². The molecular formula is C20H21N3O2S2. The molecule has 0 spiro atoms. The van der Waals surface area contributed by atoms with Gasteiger partial charge in [0.25, 0.3) is 0 Å². The second kappa shape index (κ2) is 8.54. The van der Waals surface area contributed by atoms with E-state index in [-0.39, 0.29) is 17.7 Å². The summed E-state index contributed by atoms with van der Waals surface area (Å²) in [6, 6.07) is 13.4. The fourth-order valence-electron chi connectivity index (χ4n) is 2.36. The fraction of sp³-hybridized carbons (Fsp3) is 0.250. The lowest BCUT2D eigenvalue weighted by atomic mass is 10.2. The molecule has 0 fully saturated rings. The zero-order valence-corrected chi connectivity index (χ0v) is 17.0. The Kier molecular flexibility index (Phi) is 6.13. The molecule has 1 aromatic heterocycles. The summed E-state index contributed by atoms with van der Waals surface area (Å²) in [5.74, 6) is 0.158. The lowest BCUT2D eigenvalue weighted by molar-refractivity contribution is -0.119. The minimum absolute atomic E-state index is 0.0126. The molecule has 140 valence electrons. The standard InChI is InChI=1S/C20H21N3O2S2/c1-12(2)19(25)21-14-8-9-16-17(10-14)27-20(23-16)26-11-18(24)22-15-7-5-4-6-13(15)3/h4-10,12H,11H2,1-3H3,(H,21,25)(H,22,24). The van der Waals surface area contributed by atoms with Gasteiger partial charge < -0.3 is 10.6 Å². The van der Waals surface area contributed by atoms with Crippen molar-refractivity contribution in [3.63, 3.8) is 0 Å². The summed E-state index contributed by atoms with van der Waals surface area (Å²) in [6.07, 6.45) is 0. The minimum atomic E-state index is -0.0694. The van der Waals surface area contributed by atoms with E-state index in [0.717, 1.165) is 31.5 Å². The van der Waals surface area contributed by atoms with Crippen LogP contribution in [0.3, 0.4) is 0 Å².